The first-order valence-corrected chi connectivity index (χ1v) is 4.53. The van der Waals surface area contributed by atoms with Crippen LogP contribution >= 0.6 is 0 Å². The van der Waals surface area contributed by atoms with Crippen LogP contribution in [0.5, 0.6) is 0 Å². The summed E-state index contributed by atoms with van der Waals surface area (Å²) in [5.74, 6) is -2.18. The van der Waals surface area contributed by atoms with Crippen LogP contribution in [0.25, 0.3) is 0 Å². The van der Waals surface area contributed by atoms with Gasteiger partial charge in [0.05, 0.1) is 0 Å². The van der Waals surface area contributed by atoms with Gasteiger partial charge in [-0.3, -0.25) is 0 Å². The average Bonchev–Trinajstić information content (AvgIpc) is 2.14. The van der Waals surface area contributed by atoms with E-state index < -0.39 is 12.1 Å². The molecule has 1 rings (SSSR count). The number of halogens is 3. The number of hydroxylamine groups is 1. The van der Waals surface area contributed by atoms with Gasteiger partial charge in [0.1, 0.15) is 0 Å². The predicted octanol–water partition coefficient (Wildman–Crippen LogP) is 1.93. The highest BCUT2D eigenvalue weighted by molar-refractivity contribution is 5.75. The summed E-state index contributed by atoms with van der Waals surface area (Å²) in [6.07, 6.45) is -0.397. The maximum Gasteiger partial charge on any atom is 0.492 e. The Hall–Kier alpha value is -0.780. The summed E-state index contributed by atoms with van der Waals surface area (Å²) in [6, 6.07) is -0.130. The second-order valence-electron chi connectivity index (χ2n) is 3.34. The van der Waals surface area contributed by atoms with Crippen molar-refractivity contribution in [3.63, 3.8) is 0 Å². The summed E-state index contributed by atoms with van der Waals surface area (Å²) in [4.78, 5) is 14.2. The van der Waals surface area contributed by atoms with Crippen LogP contribution in [0.2, 0.25) is 0 Å². The van der Waals surface area contributed by atoms with Gasteiger partial charge in [0.2, 0.25) is 0 Å². The fraction of sp³-hybridized carbons (Fsp3) is 0.875. The standard InChI is InChI=1S/C8H12F3NO2/c9-8(10,11)7(13)14-12-6-4-2-1-3-5-6/h6,12H,1-5H2. The van der Waals surface area contributed by atoms with Crippen molar-refractivity contribution in [3.8, 4) is 0 Å². The minimum atomic E-state index is -4.92. The summed E-state index contributed by atoms with van der Waals surface area (Å²) in [5.41, 5.74) is 2.16. The molecule has 1 N–H and O–H groups in total. The maximum absolute atomic E-state index is 11.7. The smallest absolute Gasteiger partial charge is 0.363 e. The molecule has 0 aromatic rings. The van der Waals surface area contributed by atoms with Crippen molar-refractivity contribution in [3.05, 3.63) is 0 Å². The quantitative estimate of drug-likeness (QED) is 0.709. The van der Waals surface area contributed by atoms with E-state index >= 15 is 0 Å². The summed E-state index contributed by atoms with van der Waals surface area (Å²) in [6.45, 7) is 0. The highest BCUT2D eigenvalue weighted by Crippen LogP contribution is 2.19. The van der Waals surface area contributed by atoms with Crippen LogP contribution in [0.1, 0.15) is 32.1 Å². The Labute approximate surface area is 79.6 Å². The Morgan fingerprint density at radius 1 is 1.21 bits per heavy atom. The molecule has 0 heterocycles. The molecule has 14 heavy (non-hydrogen) atoms. The second kappa shape index (κ2) is 4.63. The third-order valence-corrected chi connectivity index (χ3v) is 2.15. The van der Waals surface area contributed by atoms with Crippen LogP contribution < -0.4 is 5.48 Å². The normalized spacial score (nSPS) is 19.4. The molecule has 0 radical (unpaired) electrons. The van der Waals surface area contributed by atoms with Gasteiger partial charge in [-0.15, -0.1) is 5.48 Å². The number of carbonyl (C=O) groups excluding carboxylic acids is 1. The zero-order valence-corrected chi connectivity index (χ0v) is 7.56. The minimum absolute atomic E-state index is 0.130. The SMILES string of the molecule is O=C(ONC1CCCCC1)C(F)(F)F. The first kappa shape index (κ1) is 11.3. The van der Waals surface area contributed by atoms with Gasteiger partial charge >= 0.3 is 12.1 Å². The molecule has 1 aliphatic carbocycles. The lowest BCUT2D eigenvalue weighted by Gasteiger charge is -2.21. The van der Waals surface area contributed by atoms with Crippen LogP contribution in [0, 0.1) is 0 Å². The van der Waals surface area contributed by atoms with Crippen molar-refractivity contribution < 1.29 is 22.8 Å². The van der Waals surface area contributed by atoms with Crippen LogP contribution in [0.3, 0.4) is 0 Å². The molecule has 6 heteroatoms. The second-order valence-corrected chi connectivity index (χ2v) is 3.34. The van der Waals surface area contributed by atoms with Crippen LogP contribution in [-0.4, -0.2) is 18.2 Å². The Morgan fingerprint density at radius 2 is 1.79 bits per heavy atom. The average molecular weight is 211 g/mol. The van der Waals surface area contributed by atoms with E-state index in [9.17, 15) is 18.0 Å². The van der Waals surface area contributed by atoms with Crippen LogP contribution in [0.4, 0.5) is 13.2 Å². The first-order chi connectivity index (χ1) is 6.50. The van der Waals surface area contributed by atoms with E-state index in [0.717, 1.165) is 32.1 Å². The first-order valence-electron chi connectivity index (χ1n) is 4.53. The lowest BCUT2D eigenvalue weighted by atomic mass is 9.96. The molecule has 0 aromatic carbocycles. The zero-order valence-electron chi connectivity index (χ0n) is 7.56. The van der Waals surface area contributed by atoms with Crippen molar-refractivity contribution in [2.45, 2.75) is 44.3 Å². The number of rotatable bonds is 2. The molecule has 0 aromatic heterocycles. The van der Waals surface area contributed by atoms with Gasteiger partial charge in [0, 0.05) is 6.04 Å². The number of carbonyl (C=O) groups is 1. The lowest BCUT2D eigenvalue weighted by molar-refractivity contribution is -0.208. The van der Waals surface area contributed by atoms with Crippen molar-refractivity contribution >= 4 is 5.97 Å². The van der Waals surface area contributed by atoms with Crippen LogP contribution in [0.15, 0.2) is 0 Å². The van der Waals surface area contributed by atoms with E-state index in [1.54, 1.807) is 0 Å². The van der Waals surface area contributed by atoms with Gasteiger partial charge in [0.25, 0.3) is 0 Å². The fourth-order valence-electron chi connectivity index (χ4n) is 1.42. The summed E-state index contributed by atoms with van der Waals surface area (Å²) >= 11 is 0. The number of nitrogens with one attached hydrogen (secondary N) is 1. The number of alkyl halides is 3. The van der Waals surface area contributed by atoms with E-state index in [1.165, 1.54) is 0 Å². The van der Waals surface area contributed by atoms with Gasteiger partial charge in [0.15, 0.2) is 0 Å². The fourth-order valence-corrected chi connectivity index (χ4v) is 1.42. The molecular weight excluding hydrogens is 199 g/mol. The molecule has 0 spiro atoms. The monoisotopic (exact) mass is 211 g/mol. The van der Waals surface area contributed by atoms with Gasteiger partial charge in [-0.25, -0.2) is 4.79 Å². The van der Waals surface area contributed by atoms with E-state index in [0.29, 0.717) is 0 Å². The molecule has 0 amide bonds. The Balaban J connectivity index is 2.22. The van der Waals surface area contributed by atoms with Crippen molar-refractivity contribution in [1.29, 1.82) is 0 Å². The lowest BCUT2D eigenvalue weighted by Crippen LogP contribution is -2.37. The Bertz CT molecular complexity index is 199. The number of hydrogen-bond acceptors (Lipinski definition) is 3. The molecule has 1 aliphatic rings. The maximum atomic E-state index is 11.7. The number of hydrogen-bond donors (Lipinski definition) is 1. The molecule has 82 valence electrons. The van der Waals surface area contributed by atoms with Crippen molar-refractivity contribution in [2.24, 2.45) is 0 Å². The van der Waals surface area contributed by atoms with Crippen LogP contribution in [-0.2, 0) is 9.63 Å². The van der Waals surface area contributed by atoms with Crippen molar-refractivity contribution in [1.82, 2.24) is 5.48 Å². The predicted molar refractivity (Wildman–Crippen MR) is 42.2 cm³/mol. The van der Waals surface area contributed by atoms with E-state index in [-0.39, 0.29) is 6.04 Å². The van der Waals surface area contributed by atoms with Gasteiger partial charge < -0.3 is 4.84 Å². The highest BCUT2D eigenvalue weighted by atomic mass is 19.4. The molecule has 0 unspecified atom stereocenters. The molecule has 0 bridgehead atoms. The molecule has 1 fully saturated rings. The summed E-state index contributed by atoms with van der Waals surface area (Å²) < 4.78 is 35.1. The molecule has 3 nitrogen and oxygen atoms in total. The molecule has 0 saturated heterocycles. The molecule has 0 aliphatic heterocycles. The minimum Gasteiger partial charge on any atom is -0.363 e. The summed E-state index contributed by atoms with van der Waals surface area (Å²) in [5, 5.41) is 0. The largest absolute Gasteiger partial charge is 0.492 e. The van der Waals surface area contributed by atoms with Gasteiger partial charge in [-0.2, -0.15) is 13.2 Å². The summed E-state index contributed by atoms with van der Waals surface area (Å²) in [7, 11) is 0. The third-order valence-electron chi connectivity index (χ3n) is 2.15. The zero-order chi connectivity index (χ0) is 10.6. The Kier molecular flexibility index (Phi) is 3.74. The third kappa shape index (κ3) is 3.53. The Morgan fingerprint density at radius 3 is 2.29 bits per heavy atom. The van der Waals surface area contributed by atoms with E-state index in [4.69, 9.17) is 0 Å². The van der Waals surface area contributed by atoms with E-state index in [2.05, 4.69) is 10.3 Å². The van der Waals surface area contributed by atoms with Crippen molar-refractivity contribution in [2.75, 3.05) is 0 Å². The van der Waals surface area contributed by atoms with Gasteiger partial charge in [-0.05, 0) is 12.8 Å². The molecule has 1 saturated carbocycles. The topological polar surface area (TPSA) is 38.3 Å². The van der Waals surface area contributed by atoms with Gasteiger partial charge in [-0.1, -0.05) is 19.3 Å². The highest BCUT2D eigenvalue weighted by Gasteiger charge is 2.41. The van der Waals surface area contributed by atoms with E-state index in [1.807, 2.05) is 0 Å². The molecular formula is C8H12F3NO2. The molecule has 0 atom stereocenters.